The standard InChI is InChI=1S/C20H21N9O5S2/c1-2-34-25-12(15-24-20(21)36-26-15)16(30)23-13-17(31)29-14(19(32)33)10(9-35-18(13)29)8-27-6-7-28-11(27)4-3-5-22-28/h3-7,13,18,22H,2,8-9H2,1H3,(H,23,30)(H,32,33)(H2,21,24,26)/b25-12-/t13-,18+/m1/s1. The van der Waals surface area contributed by atoms with Gasteiger partial charge < -0.3 is 31.3 Å². The van der Waals surface area contributed by atoms with Gasteiger partial charge in [-0.3, -0.25) is 14.5 Å². The summed E-state index contributed by atoms with van der Waals surface area (Å²) in [5, 5.41) is 17.7. The van der Waals surface area contributed by atoms with Crippen LogP contribution in [0, 0.1) is 0 Å². The van der Waals surface area contributed by atoms with E-state index in [1.165, 1.54) is 16.7 Å². The maximum Gasteiger partial charge on any atom is 0.352 e. The summed E-state index contributed by atoms with van der Waals surface area (Å²) in [4.78, 5) is 50.3. The van der Waals surface area contributed by atoms with Crippen molar-refractivity contribution in [2.45, 2.75) is 18.3 Å². The monoisotopic (exact) mass is 531 g/mol. The Hall–Kier alpha value is -4.05. The third-order valence-corrected chi connectivity index (χ3v) is 7.43. The van der Waals surface area contributed by atoms with E-state index in [4.69, 9.17) is 10.6 Å². The molecule has 0 aliphatic carbocycles. The number of oxime groups is 1. The van der Waals surface area contributed by atoms with Crippen LogP contribution in [-0.2, 0) is 19.2 Å². The van der Waals surface area contributed by atoms with Gasteiger partial charge in [-0.2, -0.15) is 9.36 Å². The highest BCUT2D eigenvalue weighted by molar-refractivity contribution is 8.00. The molecule has 0 unspecified atom stereocenters. The van der Waals surface area contributed by atoms with Gasteiger partial charge in [-0.15, -0.1) is 11.8 Å². The molecule has 0 bridgehead atoms. The van der Waals surface area contributed by atoms with Crippen LogP contribution in [-0.4, -0.2) is 83.1 Å². The number of aromatic nitrogens is 2. The molecule has 16 heteroatoms. The van der Waals surface area contributed by atoms with Gasteiger partial charge in [0.05, 0.1) is 0 Å². The molecule has 188 valence electrons. The largest absolute Gasteiger partial charge is 0.477 e. The minimum absolute atomic E-state index is 0.0224. The zero-order chi connectivity index (χ0) is 25.4. The number of amides is 2. The van der Waals surface area contributed by atoms with E-state index in [2.05, 4.69) is 25.3 Å². The van der Waals surface area contributed by atoms with Crippen molar-refractivity contribution in [3.05, 3.63) is 53.7 Å². The SMILES string of the molecule is CCO/N=C(\C(=O)N[C@@H]1C(=O)N2C(C(=O)O)=C(CN3C=CN4NC=CC=C34)CS[C@@H]12)c1nsc(N)n1. The Balaban J connectivity index is 1.33. The van der Waals surface area contributed by atoms with Crippen LogP contribution in [0.3, 0.4) is 0 Å². The fourth-order valence-corrected chi connectivity index (χ4v) is 5.75. The minimum atomic E-state index is -1.20. The number of carboxylic acid groups (broad SMARTS) is 1. The summed E-state index contributed by atoms with van der Waals surface area (Å²) in [6.07, 6.45) is 9.16. The molecule has 1 aromatic rings. The second-order valence-corrected chi connectivity index (χ2v) is 9.63. The Morgan fingerprint density at radius 1 is 1.42 bits per heavy atom. The number of carbonyl (C=O) groups is 3. The number of thioether (sulfide) groups is 1. The van der Waals surface area contributed by atoms with E-state index >= 15 is 0 Å². The number of hydrogen-bond acceptors (Lipinski definition) is 13. The number of β-lactam (4-membered cyclic amide) rings is 1. The molecule has 0 aromatic carbocycles. The van der Waals surface area contributed by atoms with Crippen LogP contribution in [0.25, 0.3) is 0 Å². The number of carbonyl (C=O) groups excluding carboxylic acids is 2. The first-order valence-corrected chi connectivity index (χ1v) is 12.6. The Labute approximate surface area is 212 Å². The molecule has 0 spiro atoms. The van der Waals surface area contributed by atoms with Gasteiger partial charge in [0.2, 0.25) is 11.5 Å². The average Bonchev–Trinajstić information content (AvgIpc) is 3.48. The lowest BCUT2D eigenvalue weighted by molar-refractivity contribution is -0.150. The van der Waals surface area contributed by atoms with Gasteiger partial charge in [0, 0.05) is 42.4 Å². The van der Waals surface area contributed by atoms with Crippen molar-refractivity contribution in [2.24, 2.45) is 5.16 Å². The van der Waals surface area contributed by atoms with Crippen LogP contribution < -0.4 is 16.5 Å². The molecule has 5 N–H and O–H groups in total. The molecule has 5 heterocycles. The summed E-state index contributed by atoms with van der Waals surface area (Å²) in [5.74, 6) is -1.28. The lowest BCUT2D eigenvalue weighted by Gasteiger charge is -2.49. The van der Waals surface area contributed by atoms with Crippen molar-refractivity contribution in [3.63, 3.8) is 0 Å². The van der Waals surface area contributed by atoms with Crippen LogP contribution in [0.1, 0.15) is 12.7 Å². The highest BCUT2D eigenvalue weighted by Gasteiger charge is 2.54. The number of carboxylic acids is 1. The van der Waals surface area contributed by atoms with Crippen molar-refractivity contribution < 1.29 is 24.3 Å². The van der Waals surface area contributed by atoms with E-state index in [0.29, 0.717) is 17.9 Å². The van der Waals surface area contributed by atoms with Crippen LogP contribution in [0.5, 0.6) is 0 Å². The minimum Gasteiger partial charge on any atom is -0.477 e. The van der Waals surface area contributed by atoms with E-state index in [0.717, 1.165) is 17.4 Å². The van der Waals surface area contributed by atoms with E-state index in [-0.39, 0.29) is 29.0 Å². The Bertz CT molecular complexity index is 1270. The quantitative estimate of drug-likeness (QED) is 0.193. The molecule has 1 saturated heterocycles. The summed E-state index contributed by atoms with van der Waals surface area (Å²) in [7, 11) is 0. The van der Waals surface area contributed by atoms with E-state index < -0.39 is 29.2 Å². The Kier molecular flexibility index (Phi) is 6.27. The predicted molar refractivity (Wildman–Crippen MR) is 130 cm³/mol. The molecule has 36 heavy (non-hydrogen) atoms. The summed E-state index contributed by atoms with van der Waals surface area (Å²) in [6, 6.07) is -0.946. The molecular formula is C20H21N9O5S2. The molecular weight excluding hydrogens is 510 g/mol. The first kappa shape index (κ1) is 23.7. The molecule has 0 saturated carbocycles. The zero-order valence-electron chi connectivity index (χ0n) is 18.8. The first-order chi connectivity index (χ1) is 17.4. The number of hydrazine groups is 1. The number of aliphatic carboxylic acids is 1. The van der Waals surface area contributed by atoms with Gasteiger partial charge in [-0.1, -0.05) is 5.16 Å². The second-order valence-electron chi connectivity index (χ2n) is 7.74. The number of rotatable bonds is 8. The number of allylic oxidation sites excluding steroid dienone is 2. The van der Waals surface area contributed by atoms with Crippen molar-refractivity contribution in [1.82, 2.24) is 34.9 Å². The van der Waals surface area contributed by atoms with Gasteiger partial charge in [0.15, 0.2) is 5.13 Å². The van der Waals surface area contributed by atoms with Crippen LogP contribution in [0.2, 0.25) is 0 Å². The van der Waals surface area contributed by atoms with Crippen molar-refractivity contribution in [1.29, 1.82) is 0 Å². The third kappa shape index (κ3) is 4.13. The van der Waals surface area contributed by atoms with Gasteiger partial charge in [-0.25, -0.2) is 9.80 Å². The predicted octanol–water partition coefficient (Wildman–Crippen LogP) is -0.438. The van der Waals surface area contributed by atoms with Gasteiger partial charge >= 0.3 is 5.97 Å². The van der Waals surface area contributed by atoms with Crippen LogP contribution in [0.15, 0.2) is 53.0 Å². The van der Waals surface area contributed by atoms with E-state index in [1.807, 2.05) is 29.5 Å². The number of nitrogens with two attached hydrogens (primary N) is 1. The van der Waals surface area contributed by atoms with E-state index in [9.17, 15) is 19.5 Å². The van der Waals surface area contributed by atoms with Gasteiger partial charge in [-0.05, 0) is 24.6 Å². The highest BCUT2D eigenvalue weighted by Crippen LogP contribution is 2.41. The molecule has 0 radical (unpaired) electrons. The fourth-order valence-electron chi connectivity index (χ4n) is 3.98. The number of nitrogens with one attached hydrogen (secondary N) is 2. The molecule has 2 atom stereocenters. The molecule has 1 fully saturated rings. The highest BCUT2D eigenvalue weighted by atomic mass is 32.2. The van der Waals surface area contributed by atoms with Crippen molar-refractivity contribution >= 4 is 51.9 Å². The van der Waals surface area contributed by atoms with Crippen molar-refractivity contribution in [3.8, 4) is 0 Å². The summed E-state index contributed by atoms with van der Waals surface area (Å²) in [6.45, 7) is 2.19. The van der Waals surface area contributed by atoms with Crippen LogP contribution in [0.4, 0.5) is 5.13 Å². The molecule has 4 aliphatic heterocycles. The first-order valence-electron chi connectivity index (χ1n) is 10.8. The number of nitrogen functional groups attached to an aromatic ring is 1. The Morgan fingerprint density at radius 2 is 2.25 bits per heavy atom. The summed E-state index contributed by atoms with van der Waals surface area (Å²) >= 11 is 2.26. The number of hydrogen-bond donors (Lipinski definition) is 4. The second kappa shape index (κ2) is 9.54. The van der Waals surface area contributed by atoms with Gasteiger partial charge in [0.1, 0.15) is 29.5 Å². The lowest BCUT2D eigenvalue weighted by Crippen LogP contribution is -2.71. The summed E-state index contributed by atoms with van der Waals surface area (Å²) in [5.41, 5.74) is 8.97. The number of anilines is 1. The molecule has 4 aliphatic rings. The Morgan fingerprint density at radius 3 is 2.97 bits per heavy atom. The fraction of sp³-hybridized carbons (Fsp3) is 0.300. The molecule has 14 nitrogen and oxygen atoms in total. The maximum atomic E-state index is 13.0. The smallest absolute Gasteiger partial charge is 0.352 e. The lowest BCUT2D eigenvalue weighted by atomic mass is 10.0. The average molecular weight is 532 g/mol. The van der Waals surface area contributed by atoms with Crippen molar-refractivity contribution in [2.75, 3.05) is 24.6 Å². The zero-order valence-corrected chi connectivity index (χ0v) is 20.5. The van der Waals surface area contributed by atoms with Crippen LogP contribution >= 0.6 is 23.3 Å². The topological polar surface area (TPSA) is 179 Å². The molecule has 1 aromatic heterocycles. The normalized spacial score (nSPS) is 22.6. The third-order valence-electron chi connectivity index (χ3n) is 5.54. The number of fused-ring (bicyclic) bond motifs is 2. The number of nitrogens with zero attached hydrogens (tertiary/aromatic N) is 6. The maximum absolute atomic E-state index is 13.0. The van der Waals surface area contributed by atoms with Gasteiger partial charge in [0.25, 0.3) is 11.8 Å². The molecule has 2 amide bonds. The summed E-state index contributed by atoms with van der Waals surface area (Å²) < 4.78 is 3.99. The van der Waals surface area contributed by atoms with E-state index in [1.54, 1.807) is 18.1 Å². The molecule has 5 rings (SSSR count).